The number of carbonyl (C=O) groups excluding carboxylic acids is 2. The monoisotopic (exact) mass is 311 g/mol. The van der Waals surface area contributed by atoms with Crippen molar-refractivity contribution < 1.29 is 19.1 Å². The maximum Gasteiger partial charge on any atom is 0.347 e. The first-order valence-electron chi connectivity index (χ1n) is 8.02. The highest BCUT2D eigenvalue weighted by molar-refractivity contribution is 6.05. The fourth-order valence-corrected chi connectivity index (χ4v) is 3.38. The zero-order valence-electron chi connectivity index (χ0n) is 12.7. The number of cyclic esters (lactones) is 1. The van der Waals surface area contributed by atoms with Gasteiger partial charge in [0.15, 0.2) is 0 Å². The topological polar surface area (TPSA) is 65.5 Å². The van der Waals surface area contributed by atoms with E-state index in [4.69, 9.17) is 14.5 Å². The standard InChI is InChI=1S/C18H17NO4/c20-17-15(9-10-22-17)23-18(21)16-11-5-1-3-7-13(11)19-14-8-4-2-6-12(14)16/h1,3,5,7,15H,2,4,6,8-10H2/t15-/m1/s1. The van der Waals surface area contributed by atoms with Gasteiger partial charge in [-0.15, -0.1) is 0 Å². The van der Waals surface area contributed by atoms with Crippen LogP contribution in [0.2, 0.25) is 0 Å². The molecule has 2 aliphatic rings. The lowest BCUT2D eigenvalue weighted by Gasteiger charge is -2.20. The SMILES string of the molecule is O=C(O[C@@H]1CCOC1=O)c1c2c(nc3ccccc13)CCCC2. The van der Waals surface area contributed by atoms with E-state index in [1.54, 1.807) is 0 Å². The molecule has 0 N–H and O–H groups in total. The lowest BCUT2D eigenvalue weighted by molar-refractivity contribution is -0.145. The van der Waals surface area contributed by atoms with E-state index in [1.165, 1.54) is 0 Å². The van der Waals surface area contributed by atoms with Crippen LogP contribution in [0.5, 0.6) is 0 Å². The summed E-state index contributed by atoms with van der Waals surface area (Å²) in [6.45, 7) is 0.311. The highest BCUT2D eigenvalue weighted by Crippen LogP contribution is 2.30. The zero-order valence-corrected chi connectivity index (χ0v) is 12.7. The van der Waals surface area contributed by atoms with Crippen LogP contribution in [0.1, 0.15) is 40.9 Å². The number of rotatable bonds is 2. The quantitative estimate of drug-likeness (QED) is 0.798. The molecule has 0 amide bonds. The van der Waals surface area contributed by atoms with E-state index >= 15 is 0 Å². The summed E-state index contributed by atoms with van der Waals surface area (Å²) in [4.78, 5) is 29.1. The Bertz CT molecular complexity index is 799. The van der Waals surface area contributed by atoms with Gasteiger partial charge in [0.25, 0.3) is 0 Å². The maximum absolute atomic E-state index is 12.8. The summed E-state index contributed by atoms with van der Waals surface area (Å²) in [7, 11) is 0. The minimum Gasteiger partial charge on any atom is -0.463 e. The number of aromatic nitrogens is 1. The average Bonchev–Trinajstić information content (AvgIpc) is 2.97. The van der Waals surface area contributed by atoms with Crippen molar-refractivity contribution in [3.05, 3.63) is 41.1 Å². The van der Waals surface area contributed by atoms with E-state index in [0.29, 0.717) is 18.6 Å². The van der Waals surface area contributed by atoms with Gasteiger partial charge in [-0.25, -0.2) is 9.59 Å². The third-order valence-corrected chi connectivity index (χ3v) is 4.51. The number of hydrogen-bond acceptors (Lipinski definition) is 5. The molecule has 2 aromatic rings. The van der Waals surface area contributed by atoms with Gasteiger partial charge in [-0.2, -0.15) is 0 Å². The molecule has 5 heteroatoms. The number of hydrogen-bond donors (Lipinski definition) is 0. The van der Waals surface area contributed by atoms with Gasteiger partial charge >= 0.3 is 11.9 Å². The van der Waals surface area contributed by atoms with Crippen molar-refractivity contribution in [3.8, 4) is 0 Å². The predicted molar refractivity (Wildman–Crippen MR) is 83.2 cm³/mol. The van der Waals surface area contributed by atoms with Crippen LogP contribution >= 0.6 is 0 Å². The number of ether oxygens (including phenoxy) is 2. The summed E-state index contributed by atoms with van der Waals surface area (Å²) in [5.74, 6) is -0.892. The lowest BCUT2D eigenvalue weighted by atomic mass is 9.90. The van der Waals surface area contributed by atoms with Gasteiger partial charge in [-0.05, 0) is 37.3 Å². The number of aryl methyl sites for hydroxylation is 1. The van der Waals surface area contributed by atoms with E-state index in [0.717, 1.165) is 47.8 Å². The smallest absolute Gasteiger partial charge is 0.347 e. The molecule has 0 unspecified atom stereocenters. The number of esters is 2. The fraction of sp³-hybridized carbons (Fsp3) is 0.389. The number of fused-ring (bicyclic) bond motifs is 2. The Balaban J connectivity index is 1.80. The molecule has 1 aromatic carbocycles. The fourth-order valence-electron chi connectivity index (χ4n) is 3.38. The molecule has 1 atom stereocenters. The summed E-state index contributed by atoms with van der Waals surface area (Å²) in [6, 6.07) is 7.60. The largest absolute Gasteiger partial charge is 0.463 e. The molecule has 2 heterocycles. The molecule has 5 nitrogen and oxygen atoms in total. The molecule has 23 heavy (non-hydrogen) atoms. The normalized spacial score (nSPS) is 20.2. The van der Waals surface area contributed by atoms with Gasteiger partial charge in [0, 0.05) is 17.5 Å². The number of para-hydroxylation sites is 1. The summed E-state index contributed by atoms with van der Waals surface area (Å²) >= 11 is 0. The summed E-state index contributed by atoms with van der Waals surface area (Å²) in [5.41, 5.74) is 3.33. The van der Waals surface area contributed by atoms with Gasteiger partial charge in [0.05, 0.1) is 17.7 Å². The average molecular weight is 311 g/mol. The van der Waals surface area contributed by atoms with E-state index in [9.17, 15) is 9.59 Å². The van der Waals surface area contributed by atoms with Crippen LogP contribution in [0.25, 0.3) is 10.9 Å². The third-order valence-electron chi connectivity index (χ3n) is 4.51. The maximum atomic E-state index is 12.8. The van der Waals surface area contributed by atoms with Crippen molar-refractivity contribution in [2.24, 2.45) is 0 Å². The van der Waals surface area contributed by atoms with Gasteiger partial charge in [0.1, 0.15) is 0 Å². The predicted octanol–water partition coefficient (Wildman–Crippen LogP) is 2.59. The van der Waals surface area contributed by atoms with Crippen molar-refractivity contribution in [1.29, 1.82) is 0 Å². The first kappa shape index (κ1) is 14.2. The van der Waals surface area contributed by atoms with Gasteiger partial charge in [0.2, 0.25) is 6.10 Å². The van der Waals surface area contributed by atoms with Gasteiger partial charge < -0.3 is 9.47 Å². The molecule has 1 fully saturated rings. The molecule has 118 valence electrons. The van der Waals surface area contributed by atoms with Crippen LogP contribution < -0.4 is 0 Å². The van der Waals surface area contributed by atoms with Crippen molar-refractivity contribution in [1.82, 2.24) is 4.98 Å². The number of benzene rings is 1. The number of nitrogens with zero attached hydrogens (tertiary/aromatic N) is 1. The summed E-state index contributed by atoms with van der Waals surface area (Å²) in [5, 5.41) is 0.796. The third kappa shape index (κ3) is 2.46. The molecular formula is C18H17NO4. The van der Waals surface area contributed by atoms with Crippen LogP contribution in [-0.2, 0) is 27.1 Å². The second-order valence-corrected chi connectivity index (χ2v) is 5.99. The van der Waals surface area contributed by atoms with E-state index in [-0.39, 0.29) is 0 Å². The molecule has 1 aromatic heterocycles. The highest BCUT2D eigenvalue weighted by atomic mass is 16.6. The zero-order chi connectivity index (χ0) is 15.8. The molecular weight excluding hydrogens is 294 g/mol. The van der Waals surface area contributed by atoms with Gasteiger partial charge in [-0.1, -0.05) is 18.2 Å². The first-order chi connectivity index (χ1) is 11.2. The Morgan fingerprint density at radius 1 is 1.22 bits per heavy atom. The Hall–Kier alpha value is -2.43. The molecule has 4 rings (SSSR count). The van der Waals surface area contributed by atoms with Crippen LogP contribution in [0.3, 0.4) is 0 Å². The second-order valence-electron chi connectivity index (χ2n) is 5.99. The van der Waals surface area contributed by atoms with Crippen LogP contribution in [-0.4, -0.2) is 29.6 Å². The first-order valence-corrected chi connectivity index (χ1v) is 8.02. The molecule has 0 spiro atoms. The Labute approximate surface area is 133 Å². The Kier molecular flexibility index (Phi) is 3.48. The number of carbonyl (C=O) groups is 2. The minimum absolute atomic E-state index is 0.311. The minimum atomic E-state index is -0.784. The lowest BCUT2D eigenvalue weighted by Crippen LogP contribution is -2.24. The van der Waals surface area contributed by atoms with Crippen molar-refractivity contribution >= 4 is 22.8 Å². The summed E-state index contributed by atoms with van der Waals surface area (Å²) in [6.07, 6.45) is 3.48. The molecule has 0 bridgehead atoms. The Morgan fingerprint density at radius 3 is 2.87 bits per heavy atom. The number of pyridine rings is 1. The van der Waals surface area contributed by atoms with Crippen LogP contribution in [0.4, 0.5) is 0 Å². The van der Waals surface area contributed by atoms with Crippen LogP contribution in [0, 0.1) is 0 Å². The molecule has 1 saturated heterocycles. The summed E-state index contributed by atoms with van der Waals surface area (Å²) < 4.78 is 10.3. The van der Waals surface area contributed by atoms with Crippen molar-refractivity contribution in [2.75, 3.05) is 6.61 Å². The van der Waals surface area contributed by atoms with Crippen molar-refractivity contribution in [2.45, 2.75) is 38.2 Å². The second kappa shape index (κ2) is 5.65. The molecule has 1 aliphatic heterocycles. The molecule has 0 saturated carbocycles. The van der Waals surface area contributed by atoms with Gasteiger partial charge in [-0.3, -0.25) is 4.98 Å². The van der Waals surface area contributed by atoms with E-state index in [1.807, 2.05) is 24.3 Å². The Morgan fingerprint density at radius 2 is 2.04 bits per heavy atom. The van der Waals surface area contributed by atoms with Crippen molar-refractivity contribution in [3.63, 3.8) is 0 Å². The van der Waals surface area contributed by atoms with E-state index < -0.39 is 18.0 Å². The molecule has 1 aliphatic carbocycles. The van der Waals surface area contributed by atoms with E-state index in [2.05, 4.69) is 0 Å². The highest BCUT2D eigenvalue weighted by Gasteiger charge is 2.32. The molecule has 0 radical (unpaired) electrons. The van der Waals surface area contributed by atoms with Crippen LogP contribution in [0.15, 0.2) is 24.3 Å².